The highest BCUT2D eigenvalue weighted by molar-refractivity contribution is 14.0. The van der Waals surface area contributed by atoms with E-state index in [4.69, 9.17) is 18.9 Å². The van der Waals surface area contributed by atoms with Crippen LogP contribution in [-0.4, -0.2) is 52.0 Å². The average Bonchev–Trinajstić information content (AvgIpc) is 3.45. The molecule has 2 aromatic rings. The zero-order valence-corrected chi connectivity index (χ0v) is 20.7. The molecule has 0 amide bonds. The number of rotatable bonds is 12. The number of thiophene rings is 1. The van der Waals surface area contributed by atoms with Crippen LogP contribution in [0.2, 0.25) is 0 Å². The van der Waals surface area contributed by atoms with Gasteiger partial charge in [-0.25, -0.2) is 0 Å². The van der Waals surface area contributed by atoms with Crippen molar-refractivity contribution in [2.75, 3.05) is 46.1 Å². The van der Waals surface area contributed by atoms with Crippen molar-refractivity contribution < 1.29 is 13.9 Å². The van der Waals surface area contributed by atoms with Crippen molar-refractivity contribution in [2.45, 2.75) is 32.1 Å². The summed E-state index contributed by atoms with van der Waals surface area (Å²) in [6.45, 7) is 5.77. The van der Waals surface area contributed by atoms with Gasteiger partial charge in [0.1, 0.15) is 5.76 Å². The molecule has 0 aliphatic carbocycles. The molecule has 168 valence electrons. The molecule has 1 saturated heterocycles. The molecular weight excluding hydrogens is 513 g/mol. The second kappa shape index (κ2) is 15.7. The fourth-order valence-electron chi connectivity index (χ4n) is 3.21. The van der Waals surface area contributed by atoms with Crippen LogP contribution in [0.25, 0.3) is 0 Å². The van der Waals surface area contributed by atoms with Gasteiger partial charge in [0.2, 0.25) is 0 Å². The van der Waals surface area contributed by atoms with Gasteiger partial charge < -0.3 is 24.5 Å². The van der Waals surface area contributed by atoms with E-state index in [0.717, 1.165) is 89.9 Å². The number of halogens is 1. The van der Waals surface area contributed by atoms with Crippen LogP contribution in [0.4, 0.5) is 0 Å². The lowest BCUT2D eigenvalue weighted by molar-refractivity contribution is 0.0205. The molecule has 2 N–H and O–H groups in total. The molecule has 0 saturated carbocycles. The predicted octanol–water partition coefficient (Wildman–Crippen LogP) is 4.11. The van der Waals surface area contributed by atoms with Crippen LogP contribution >= 0.6 is 35.3 Å². The van der Waals surface area contributed by atoms with Crippen molar-refractivity contribution in [1.29, 1.82) is 0 Å². The van der Waals surface area contributed by atoms with Crippen molar-refractivity contribution in [3.63, 3.8) is 0 Å². The molecule has 1 aliphatic heterocycles. The number of guanidine groups is 1. The Bertz CT molecular complexity index is 632. The Morgan fingerprint density at radius 1 is 1.13 bits per heavy atom. The molecule has 2 aromatic heterocycles. The SMILES string of the molecule is I.c1coc(CCNC(=NCCCOCC2CCOCC2)NCCc2cccs2)c1. The third-order valence-electron chi connectivity index (χ3n) is 4.90. The van der Waals surface area contributed by atoms with Gasteiger partial charge in [-0.3, -0.25) is 4.99 Å². The van der Waals surface area contributed by atoms with Crippen molar-refractivity contribution in [1.82, 2.24) is 10.6 Å². The summed E-state index contributed by atoms with van der Waals surface area (Å²) in [5.74, 6) is 2.50. The first-order chi connectivity index (χ1) is 14.4. The summed E-state index contributed by atoms with van der Waals surface area (Å²) in [4.78, 5) is 6.10. The first-order valence-corrected chi connectivity index (χ1v) is 11.5. The molecule has 0 unspecified atom stereocenters. The number of aliphatic imine (C=N–C) groups is 1. The van der Waals surface area contributed by atoms with E-state index in [1.165, 1.54) is 4.88 Å². The van der Waals surface area contributed by atoms with Gasteiger partial charge >= 0.3 is 0 Å². The average molecular weight is 548 g/mol. The second-order valence-corrected chi connectivity index (χ2v) is 8.26. The smallest absolute Gasteiger partial charge is 0.191 e. The Morgan fingerprint density at radius 2 is 1.97 bits per heavy atom. The van der Waals surface area contributed by atoms with Gasteiger partial charge in [-0.2, -0.15) is 0 Å². The second-order valence-electron chi connectivity index (χ2n) is 7.23. The molecule has 0 radical (unpaired) electrons. The highest BCUT2D eigenvalue weighted by Crippen LogP contribution is 2.14. The number of furan rings is 1. The zero-order chi connectivity index (χ0) is 20.0. The lowest BCUT2D eigenvalue weighted by Crippen LogP contribution is -2.39. The number of nitrogens with zero attached hydrogens (tertiary/aromatic N) is 1. The van der Waals surface area contributed by atoms with Gasteiger partial charge in [0.25, 0.3) is 0 Å². The van der Waals surface area contributed by atoms with Gasteiger partial charge in [-0.05, 0) is 55.2 Å². The van der Waals surface area contributed by atoms with Crippen LogP contribution in [-0.2, 0) is 22.3 Å². The molecule has 8 heteroatoms. The minimum atomic E-state index is 0. The molecule has 1 fully saturated rings. The van der Waals surface area contributed by atoms with Crippen LogP contribution in [0.1, 0.15) is 29.9 Å². The Morgan fingerprint density at radius 3 is 2.70 bits per heavy atom. The highest BCUT2D eigenvalue weighted by Gasteiger charge is 2.13. The minimum absolute atomic E-state index is 0. The summed E-state index contributed by atoms with van der Waals surface area (Å²) >= 11 is 1.79. The summed E-state index contributed by atoms with van der Waals surface area (Å²) < 4.78 is 16.6. The van der Waals surface area contributed by atoms with E-state index in [0.29, 0.717) is 5.92 Å². The van der Waals surface area contributed by atoms with Gasteiger partial charge in [-0.1, -0.05) is 6.07 Å². The molecule has 6 nitrogen and oxygen atoms in total. The quantitative estimate of drug-likeness (QED) is 0.181. The Labute approximate surface area is 200 Å². The van der Waals surface area contributed by atoms with E-state index in [-0.39, 0.29) is 24.0 Å². The Hall–Kier alpha value is -1.10. The fourth-order valence-corrected chi connectivity index (χ4v) is 3.92. The monoisotopic (exact) mass is 547 g/mol. The number of hydrogen-bond acceptors (Lipinski definition) is 5. The zero-order valence-electron chi connectivity index (χ0n) is 17.5. The van der Waals surface area contributed by atoms with E-state index in [9.17, 15) is 0 Å². The topological polar surface area (TPSA) is 68.0 Å². The molecule has 3 heterocycles. The molecule has 0 atom stereocenters. The first-order valence-electron chi connectivity index (χ1n) is 10.6. The molecule has 0 bridgehead atoms. The number of ether oxygens (including phenoxy) is 2. The van der Waals surface area contributed by atoms with Crippen LogP contribution < -0.4 is 10.6 Å². The molecule has 3 rings (SSSR count). The van der Waals surface area contributed by atoms with Crippen molar-refractivity contribution in [2.24, 2.45) is 10.9 Å². The molecular formula is C22H34IN3O3S. The summed E-state index contributed by atoms with van der Waals surface area (Å²) in [5, 5.41) is 8.97. The first kappa shape index (κ1) is 25.2. The van der Waals surface area contributed by atoms with Crippen LogP contribution in [0, 0.1) is 5.92 Å². The van der Waals surface area contributed by atoms with Crippen LogP contribution in [0.3, 0.4) is 0 Å². The van der Waals surface area contributed by atoms with E-state index >= 15 is 0 Å². The summed E-state index contributed by atoms with van der Waals surface area (Å²) in [6, 6.07) is 8.18. The van der Waals surface area contributed by atoms with E-state index in [1.54, 1.807) is 17.6 Å². The number of hydrogen-bond donors (Lipinski definition) is 2. The maximum absolute atomic E-state index is 5.84. The maximum atomic E-state index is 5.84. The molecule has 0 aromatic carbocycles. The van der Waals surface area contributed by atoms with Crippen molar-refractivity contribution >= 4 is 41.3 Å². The Balaban J connectivity index is 0.00000320. The maximum Gasteiger partial charge on any atom is 0.191 e. The van der Waals surface area contributed by atoms with Crippen molar-refractivity contribution in [3.05, 3.63) is 46.5 Å². The van der Waals surface area contributed by atoms with Gasteiger partial charge in [0.15, 0.2) is 5.96 Å². The summed E-state index contributed by atoms with van der Waals surface area (Å²) in [5.41, 5.74) is 0. The Kier molecular flexibility index (Phi) is 13.1. The molecule has 1 aliphatic rings. The van der Waals surface area contributed by atoms with Crippen LogP contribution in [0.5, 0.6) is 0 Å². The van der Waals surface area contributed by atoms with E-state index in [1.807, 2.05) is 12.1 Å². The largest absolute Gasteiger partial charge is 0.469 e. The predicted molar refractivity (Wildman–Crippen MR) is 133 cm³/mol. The summed E-state index contributed by atoms with van der Waals surface area (Å²) in [6.07, 6.45) is 6.73. The van der Waals surface area contributed by atoms with Gasteiger partial charge in [0, 0.05) is 57.4 Å². The normalized spacial score (nSPS) is 15.0. The number of nitrogens with one attached hydrogen (secondary N) is 2. The molecule has 0 spiro atoms. The summed E-state index contributed by atoms with van der Waals surface area (Å²) in [7, 11) is 0. The highest BCUT2D eigenvalue weighted by atomic mass is 127. The fraction of sp³-hybridized carbons (Fsp3) is 0.591. The third-order valence-corrected chi connectivity index (χ3v) is 5.84. The van der Waals surface area contributed by atoms with Crippen molar-refractivity contribution in [3.8, 4) is 0 Å². The third kappa shape index (κ3) is 10.3. The standard InChI is InChI=1S/C22H33N3O3S.HI/c1-4-20(28-14-1)6-11-24-22(25-12-7-21-5-2-17-29-21)23-10-3-13-27-18-19-8-15-26-16-9-19;/h1-2,4-5,14,17,19H,3,6-13,15-16,18H2,(H2,23,24,25);1H. The van der Waals surface area contributed by atoms with E-state index in [2.05, 4.69) is 28.1 Å². The van der Waals surface area contributed by atoms with Gasteiger partial charge in [-0.15, -0.1) is 35.3 Å². The molecule has 30 heavy (non-hydrogen) atoms. The minimum Gasteiger partial charge on any atom is -0.469 e. The van der Waals surface area contributed by atoms with Crippen LogP contribution in [0.15, 0.2) is 45.3 Å². The van der Waals surface area contributed by atoms with Gasteiger partial charge in [0.05, 0.1) is 6.26 Å². The van der Waals surface area contributed by atoms with E-state index < -0.39 is 0 Å². The lowest BCUT2D eigenvalue weighted by Gasteiger charge is -2.21. The lowest BCUT2D eigenvalue weighted by atomic mass is 10.0.